The maximum Gasteiger partial charge on any atom is 0.358 e. The van der Waals surface area contributed by atoms with Crippen molar-refractivity contribution in [2.45, 2.75) is 6.92 Å². The van der Waals surface area contributed by atoms with E-state index >= 15 is 0 Å². The van der Waals surface area contributed by atoms with E-state index in [1.54, 1.807) is 6.92 Å². The van der Waals surface area contributed by atoms with Crippen molar-refractivity contribution in [3.63, 3.8) is 0 Å². The van der Waals surface area contributed by atoms with Crippen LogP contribution in [0.3, 0.4) is 0 Å². The van der Waals surface area contributed by atoms with Crippen LogP contribution in [0.25, 0.3) is 0 Å². The lowest BCUT2D eigenvalue weighted by molar-refractivity contribution is -0.134. The Hall–Kier alpha value is -1.50. The highest BCUT2D eigenvalue weighted by molar-refractivity contribution is 5.77. The summed E-state index contributed by atoms with van der Waals surface area (Å²) in [6, 6.07) is -1.86. The largest absolute Gasteiger partial charge is 0.358 e. The molecule has 0 radical (unpaired) electrons. The molecule has 0 spiro atoms. The van der Waals surface area contributed by atoms with Crippen LogP contribution < -0.4 is 16.9 Å². The SMILES string of the molecule is CCON(NC(N)=O)C(N)=O. The zero-order valence-corrected chi connectivity index (χ0v) is 6.03. The van der Waals surface area contributed by atoms with Crippen LogP contribution in [0.4, 0.5) is 9.59 Å². The zero-order chi connectivity index (χ0) is 8.85. The lowest BCUT2D eigenvalue weighted by Gasteiger charge is -2.16. The number of carbonyl (C=O) groups is 2. The first-order valence-corrected chi connectivity index (χ1v) is 2.86. The number of nitrogens with two attached hydrogens (primary N) is 2. The quantitative estimate of drug-likeness (QED) is 0.448. The Morgan fingerprint density at radius 1 is 1.55 bits per heavy atom. The van der Waals surface area contributed by atoms with Crippen molar-refractivity contribution in [3.05, 3.63) is 0 Å². The van der Waals surface area contributed by atoms with Crippen LogP contribution in [0.1, 0.15) is 6.92 Å². The van der Waals surface area contributed by atoms with Crippen LogP contribution in [0.2, 0.25) is 0 Å². The van der Waals surface area contributed by atoms with E-state index in [0.717, 1.165) is 0 Å². The average molecular weight is 162 g/mol. The highest BCUT2D eigenvalue weighted by atomic mass is 16.7. The molecule has 11 heavy (non-hydrogen) atoms. The maximum atomic E-state index is 10.4. The Morgan fingerprint density at radius 3 is 2.36 bits per heavy atom. The molecule has 0 aromatic carbocycles. The van der Waals surface area contributed by atoms with Crippen LogP contribution in [0.15, 0.2) is 0 Å². The average Bonchev–Trinajstić information content (AvgIpc) is 1.86. The van der Waals surface area contributed by atoms with E-state index in [1.165, 1.54) is 0 Å². The second-order valence-corrected chi connectivity index (χ2v) is 1.53. The van der Waals surface area contributed by atoms with Gasteiger partial charge in [-0.15, -0.1) is 5.17 Å². The Kier molecular flexibility index (Phi) is 3.75. The van der Waals surface area contributed by atoms with E-state index in [2.05, 4.69) is 10.6 Å². The minimum Gasteiger partial charge on any atom is -0.350 e. The summed E-state index contributed by atoms with van der Waals surface area (Å²) < 4.78 is 0. The maximum absolute atomic E-state index is 10.4. The smallest absolute Gasteiger partial charge is 0.350 e. The Balaban J connectivity index is 3.89. The van der Waals surface area contributed by atoms with Gasteiger partial charge in [0.2, 0.25) is 0 Å². The summed E-state index contributed by atoms with van der Waals surface area (Å²) in [5, 5.41) is 0.461. The molecule has 0 aliphatic carbocycles. The van der Waals surface area contributed by atoms with Gasteiger partial charge in [-0.05, 0) is 6.92 Å². The summed E-state index contributed by atoms with van der Waals surface area (Å²) in [6.07, 6.45) is 0. The molecule has 0 unspecified atom stereocenters. The van der Waals surface area contributed by atoms with E-state index in [4.69, 9.17) is 5.73 Å². The summed E-state index contributed by atoms with van der Waals surface area (Å²) in [5.74, 6) is 0. The van der Waals surface area contributed by atoms with Gasteiger partial charge in [-0.25, -0.2) is 19.9 Å². The zero-order valence-electron chi connectivity index (χ0n) is 6.03. The highest BCUT2D eigenvalue weighted by Crippen LogP contribution is 1.82. The third-order valence-corrected chi connectivity index (χ3v) is 0.670. The number of hydrogen-bond donors (Lipinski definition) is 3. The van der Waals surface area contributed by atoms with Gasteiger partial charge in [-0.3, -0.25) is 0 Å². The van der Waals surface area contributed by atoms with Crippen molar-refractivity contribution in [2.75, 3.05) is 6.61 Å². The van der Waals surface area contributed by atoms with E-state index in [1.807, 2.05) is 5.43 Å². The fourth-order valence-electron chi connectivity index (χ4n) is 0.380. The number of nitrogens with one attached hydrogen (secondary N) is 1. The summed E-state index contributed by atoms with van der Waals surface area (Å²) >= 11 is 0. The van der Waals surface area contributed by atoms with Crippen LogP contribution in [0, 0.1) is 0 Å². The Bertz CT molecular complexity index is 159. The number of hydroxylamine groups is 1. The molecule has 7 heteroatoms. The molecule has 0 atom stereocenters. The normalized spacial score (nSPS) is 8.82. The van der Waals surface area contributed by atoms with Gasteiger partial charge in [0.1, 0.15) is 0 Å². The number of nitrogens with zero attached hydrogens (tertiary/aromatic N) is 1. The highest BCUT2D eigenvalue weighted by Gasteiger charge is 2.10. The van der Waals surface area contributed by atoms with E-state index in [-0.39, 0.29) is 6.61 Å². The standard InChI is InChI=1S/C4H10N4O3/c1-2-11-8(4(6)10)7-3(5)9/h2H2,1H3,(H2,6,10)(H3,5,7,9). The summed E-state index contributed by atoms with van der Waals surface area (Å²) in [6.45, 7) is 1.82. The number of primary amides is 2. The van der Waals surface area contributed by atoms with Crippen LogP contribution in [-0.2, 0) is 4.84 Å². The number of carbonyl (C=O) groups excluding carboxylic acids is 2. The van der Waals surface area contributed by atoms with Gasteiger partial charge in [0.05, 0.1) is 6.61 Å². The number of urea groups is 2. The van der Waals surface area contributed by atoms with Crippen molar-refractivity contribution in [1.82, 2.24) is 10.6 Å². The first-order valence-electron chi connectivity index (χ1n) is 2.86. The molecule has 0 bridgehead atoms. The molecule has 0 fully saturated rings. The topological polar surface area (TPSA) is 111 Å². The predicted octanol–water partition coefficient (Wildman–Crippen LogP) is -1.10. The van der Waals surface area contributed by atoms with Gasteiger partial charge in [0, 0.05) is 0 Å². The van der Waals surface area contributed by atoms with Crippen LogP contribution in [0.5, 0.6) is 0 Å². The Labute approximate surface area is 63.2 Å². The fourth-order valence-corrected chi connectivity index (χ4v) is 0.380. The molecule has 0 heterocycles. The fraction of sp³-hybridized carbons (Fsp3) is 0.500. The molecule has 0 aliphatic heterocycles. The lowest BCUT2D eigenvalue weighted by Crippen LogP contribution is -2.50. The summed E-state index contributed by atoms with van der Waals surface area (Å²) in [4.78, 5) is 25.1. The molecule has 64 valence electrons. The first-order chi connectivity index (χ1) is 5.07. The second-order valence-electron chi connectivity index (χ2n) is 1.53. The van der Waals surface area contributed by atoms with Gasteiger partial charge >= 0.3 is 12.1 Å². The molecule has 0 aliphatic rings. The summed E-state index contributed by atoms with van der Waals surface area (Å²) in [7, 11) is 0. The first kappa shape index (κ1) is 9.50. The van der Waals surface area contributed by atoms with Crippen LogP contribution in [-0.4, -0.2) is 23.8 Å². The second kappa shape index (κ2) is 4.34. The molecular weight excluding hydrogens is 152 g/mol. The van der Waals surface area contributed by atoms with Crippen LogP contribution >= 0.6 is 0 Å². The monoisotopic (exact) mass is 162 g/mol. The van der Waals surface area contributed by atoms with Crippen molar-refractivity contribution in [2.24, 2.45) is 11.5 Å². The molecule has 5 N–H and O–H groups in total. The molecule has 0 aromatic rings. The number of hydrogen-bond acceptors (Lipinski definition) is 3. The third kappa shape index (κ3) is 3.98. The molecule has 4 amide bonds. The number of hydrazine groups is 1. The Morgan fingerprint density at radius 2 is 2.09 bits per heavy atom. The summed E-state index contributed by atoms with van der Waals surface area (Å²) in [5.41, 5.74) is 11.3. The third-order valence-electron chi connectivity index (χ3n) is 0.670. The minimum atomic E-state index is -0.939. The molecule has 0 saturated carbocycles. The molecule has 0 aromatic heterocycles. The van der Waals surface area contributed by atoms with Crippen molar-refractivity contribution in [3.8, 4) is 0 Å². The van der Waals surface area contributed by atoms with E-state index in [9.17, 15) is 9.59 Å². The van der Waals surface area contributed by atoms with Gasteiger partial charge < -0.3 is 11.5 Å². The minimum absolute atomic E-state index is 0.198. The van der Waals surface area contributed by atoms with E-state index in [0.29, 0.717) is 5.17 Å². The number of rotatable bonds is 2. The van der Waals surface area contributed by atoms with Gasteiger partial charge in [0.25, 0.3) is 0 Å². The van der Waals surface area contributed by atoms with Crippen molar-refractivity contribution >= 4 is 12.1 Å². The number of amides is 4. The molecular formula is C4H10N4O3. The van der Waals surface area contributed by atoms with Gasteiger partial charge in [0.15, 0.2) is 0 Å². The molecule has 0 saturated heterocycles. The predicted molar refractivity (Wildman–Crippen MR) is 35.8 cm³/mol. The van der Waals surface area contributed by atoms with Crippen molar-refractivity contribution in [1.29, 1.82) is 0 Å². The molecule has 0 rings (SSSR count). The van der Waals surface area contributed by atoms with Crippen molar-refractivity contribution < 1.29 is 14.4 Å². The van der Waals surface area contributed by atoms with E-state index < -0.39 is 12.1 Å². The van der Waals surface area contributed by atoms with Gasteiger partial charge in [-0.1, -0.05) is 0 Å². The van der Waals surface area contributed by atoms with Gasteiger partial charge in [-0.2, -0.15) is 0 Å². The lowest BCUT2D eigenvalue weighted by atomic mass is 10.9. The molecule has 7 nitrogen and oxygen atoms in total.